The Morgan fingerprint density at radius 3 is 2.77 bits per heavy atom. The fourth-order valence-electron chi connectivity index (χ4n) is 3.66. The molecule has 1 amide bonds. The SMILES string of the molecule is COc1ccc(S(=O)(=O)NCC(=O)N2CCCC(c3nnc4ccccn34)C2)cc1. The standard InChI is InChI=1S/C20H23N5O4S/c1-29-16-7-9-17(10-8-16)30(27,28)21-13-19(26)24-11-4-5-15(14-24)20-23-22-18-6-2-3-12-25(18)20/h2-3,6-10,12,15,21H,4-5,11,13-14H2,1H3. The second-order valence-corrected chi connectivity index (χ2v) is 8.93. The van der Waals surface area contributed by atoms with E-state index in [0.717, 1.165) is 24.3 Å². The van der Waals surface area contributed by atoms with Crippen molar-refractivity contribution in [3.63, 3.8) is 0 Å². The lowest BCUT2D eigenvalue weighted by atomic mass is 9.97. The van der Waals surface area contributed by atoms with Crippen molar-refractivity contribution in [1.29, 1.82) is 0 Å². The van der Waals surface area contributed by atoms with Crippen molar-refractivity contribution >= 4 is 21.6 Å². The number of rotatable bonds is 6. The van der Waals surface area contributed by atoms with Crippen LogP contribution in [0, 0.1) is 0 Å². The van der Waals surface area contributed by atoms with Crippen LogP contribution < -0.4 is 9.46 Å². The monoisotopic (exact) mass is 429 g/mol. The highest BCUT2D eigenvalue weighted by Gasteiger charge is 2.28. The van der Waals surface area contributed by atoms with Crippen LogP contribution in [0.25, 0.3) is 5.65 Å². The molecule has 1 unspecified atom stereocenters. The highest BCUT2D eigenvalue weighted by atomic mass is 32.2. The van der Waals surface area contributed by atoms with E-state index in [-0.39, 0.29) is 23.3 Å². The molecule has 9 nitrogen and oxygen atoms in total. The van der Waals surface area contributed by atoms with Crippen LogP contribution in [0.1, 0.15) is 24.6 Å². The van der Waals surface area contributed by atoms with Gasteiger partial charge < -0.3 is 9.64 Å². The summed E-state index contributed by atoms with van der Waals surface area (Å²) in [6.45, 7) is 0.788. The number of methoxy groups -OCH3 is 1. The maximum absolute atomic E-state index is 12.7. The number of likely N-dealkylation sites (tertiary alicyclic amines) is 1. The van der Waals surface area contributed by atoms with Gasteiger partial charge in [-0.1, -0.05) is 6.07 Å². The van der Waals surface area contributed by atoms with E-state index in [1.807, 2.05) is 28.8 Å². The van der Waals surface area contributed by atoms with Gasteiger partial charge in [0.1, 0.15) is 11.6 Å². The quantitative estimate of drug-likeness (QED) is 0.635. The maximum Gasteiger partial charge on any atom is 0.241 e. The number of amides is 1. The molecule has 0 radical (unpaired) electrons. The maximum atomic E-state index is 12.7. The molecule has 3 heterocycles. The number of aromatic nitrogens is 3. The van der Waals surface area contributed by atoms with Gasteiger partial charge in [0.15, 0.2) is 5.65 Å². The molecule has 158 valence electrons. The van der Waals surface area contributed by atoms with Crippen LogP contribution in [-0.2, 0) is 14.8 Å². The van der Waals surface area contributed by atoms with Crippen molar-refractivity contribution in [2.45, 2.75) is 23.7 Å². The first kappa shape index (κ1) is 20.3. The number of fused-ring (bicyclic) bond motifs is 1. The lowest BCUT2D eigenvalue weighted by Gasteiger charge is -2.32. The van der Waals surface area contributed by atoms with Gasteiger partial charge >= 0.3 is 0 Å². The van der Waals surface area contributed by atoms with Crippen LogP contribution in [0.3, 0.4) is 0 Å². The van der Waals surface area contributed by atoms with Gasteiger partial charge in [0, 0.05) is 25.2 Å². The number of piperidine rings is 1. The Bertz CT molecular complexity index is 1140. The number of nitrogens with zero attached hydrogens (tertiary/aromatic N) is 4. The minimum atomic E-state index is -3.78. The number of pyridine rings is 1. The topological polar surface area (TPSA) is 106 Å². The van der Waals surface area contributed by atoms with E-state index < -0.39 is 10.0 Å². The summed E-state index contributed by atoms with van der Waals surface area (Å²) in [5.74, 6) is 1.18. The summed E-state index contributed by atoms with van der Waals surface area (Å²) in [7, 11) is -2.28. The Morgan fingerprint density at radius 2 is 2.00 bits per heavy atom. The minimum Gasteiger partial charge on any atom is -0.497 e. The van der Waals surface area contributed by atoms with E-state index in [2.05, 4.69) is 14.9 Å². The summed E-state index contributed by atoms with van der Waals surface area (Å²) in [5.41, 5.74) is 0.767. The molecule has 0 aliphatic carbocycles. The summed E-state index contributed by atoms with van der Waals surface area (Å²) in [6, 6.07) is 11.7. The van der Waals surface area contributed by atoms with E-state index in [1.54, 1.807) is 17.0 Å². The summed E-state index contributed by atoms with van der Waals surface area (Å²) in [4.78, 5) is 14.5. The lowest BCUT2D eigenvalue weighted by molar-refractivity contribution is -0.131. The molecule has 0 bridgehead atoms. The molecule has 1 aliphatic heterocycles. The van der Waals surface area contributed by atoms with E-state index in [4.69, 9.17) is 4.74 Å². The Hall–Kier alpha value is -2.98. The number of hydrogen-bond donors (Lipinski definition) is 1. The largest absolute Gasteiger partial charge is 0.497 e. The molecule has 1 aromatic carbocycles. The van der Waals surface area contributed by atoms with Gasteiger partial charge in [-0.05, 0) is 49.2 Å². The second kappa shape index (κ2) is 8.41. The molecule has 0 saturated carbocycles. The van der Waals surface area contributed by atoms with Crippen LogP contribution in [0.4, 0.5) is 0 Å². The number of sulfonamides is 1. The molecule has 0 spiro atoms. The molecule has 1 fully saturated rings. The Labute approximate surface area is 174 Å². The fraction of sp³-hybridized carbons (Fsp3) is 0.350. The van der Waals surface area contributed by atoms with Crippen molar-refractivity contribution in [2.75, 3.05) is 26.7 Å². The number of nitrogens with one attached hydrogen (secondary N) is 1. The van der Waals surface area contributed by atoms with Gasteiger partial charge in [0.05, 0.1) is 18.6 Å². The van der Waals surface area contributed by atoms with Gasteiger partial charge in [-0.25, -0.2) is 13.1 Å². The summed E-state index contributed by atoms with van der Waals surface area (Å²) >= 11 is 0. The van der Waals surface area contributed by atoms with Crippen molar-refractivity contribution in [2.24, 2.45) is 0 Å². The zero-order valence-corrected chi connectivity index (χ0v) is 17.4. The smallest absolute Gasteiger partial charge is 0.241 e. The minimum absolute atomic E-state index is 0.0540. The first-order chi connectivity index (χ1) is 14.5. The van der Waals surface area contributed by atoms with Gasteiger partial charge in [-0.15, -0.1) is 10.2 Å². The molecule has 10 heteroatoms. The average Bonchev–Trinajstić information content (AvgIpc) is 3.22. The predicted molar refractivity (Wildman–Crippen MR) is 110 cm³/mol. The summed E-state index contributed by atoms with van der Waals surface area (Å²) in [5, 5.41) is 8.49. The molecule has 30 heavy (non-hydrogen) atoms. The second-order valence-electron chi connectivity index (χ2n) is 7.17. The first-order valence-electron chi connectivity index (χ1n) is 9.69. The van der Waals surface area contributed by atoms with Gasteiger partial charge in [-0.2, -0.15) is 0 Å². The summed E-state index contributed by atoms with van der Waals surface area (Å²) in [6.07, 6.45) is 3.63. The van der Waals surface area contributed by atoms with Crippen molar-refractivity contribution in [1.82, 2.24) is 24.2 Å². The molecular weight excluding hydrogens is 406 g/mol. The van der Waals surface area contributed by atoms with E-state index in [1.165, 1.54) is 19.2 Å². The third-order valence-electron chi connectivity index (χ3n) is 5.26. The van der Waals surface area contributed by atoms with E-state index in [9.17, 15) is 13.2 Å². The van der Waals surface area contributed by atoms with Crippen LogP contribution in [0.5, 0.6) is 5.75 Å². The third kappa shape index (κ3) is 4.14. The van der Waals surface area contributed by atoms with Crippen molar-refractivity contribution in [3.05, 3.63) is 54.5 Å². The highest BCUT2D eigenvalue weighted by molar-refractivity contribution is 7.89. The third-order valence-corrected chi connectivity index (χ3v) is 6.68. The first-order valence-corrected chi connectivity index (χ1v) is 11.2. The van der Waals surface area contributed by atoms with Crippen LogP contribution in [0.2, 0.25) is 0 Å². The van der Waals surface area contributed by atoms with Gasteiger partial charge in [-0.3, -0.25) is 9.20 Å². The number of carbonyl (C=O) groups is 1. The van der Waals surface area contributed by atoms with E-state index in [0.29, 0.717) is 18.8 Å². The number of ether oxygens (including phenoxy) is 1. The zero-order valence-electron chi connectivity index (χ0n) is 16.6. The van der Waals surface area contributed by atoms with E-state index >= 15 is 0 Å². The zero-order chi connectivity index (χ0) is 21.1. The van der Waals surface area contributed by atoms with Gasteiger partial charge in [0.25, 0.3) is 0 Å². The normalized spacial score (nSPS) is 17.2. The van der Waals surface area contributed by atoms with Crippen LogP contribution in [0.15, 0.2) is 53.6 Å². The Morgan fingerprint density at radius 1 is 1.20 bits per heavy atom. The molecule has 2 aromatic heterocycles. The average molecular weight is 430 g/mol. The lowest BCUT2D eigenvalue weighted by Crippen LogP contribution is -2.44. The molecule has 1 saturated heterocycles. The predicted octanol–water partition coefficient (Wildman–Crippen LogP) is 1.42. The number of carbonyl (C=O) groups excluding carboxylic acids is 1. The fourth-order valence-corrected chi connectivity index (χ4v) is 4.63. The number of benzene rings is 1. The molecule has 1 atom stereocenters. The summed E-state index contributed by atoms with van der Waals surface area (Å²) < 4.78 is 34.3. The molecule has 1 N–H and O–H groups in total. The van der Waals surface area contributed by atoms with Crippen LogP contribution >= 0.6 is 0 Å². The Balaban J connectivity index is 1.40. The molecular formula is C20H23N5O4S. The molecule has 3 aromatic rings. The van der Waals surface area contributed by atoms with Crippen molar-refractivity contribution < 1.29 is 17.9 Å². The van der Waals surface area contributed by atoms with Crippen LogP contribution in [-0.4, -0.2) is 60.6 Å². The molecule has 1 aliphatic rings. The van der Waals surface area contributed by atoms with Crippen molar-refractivity contribution in [3.8, 4) is 5.75 Å². The molecule has 4 rings (SSSR count). The van der Waals surface area contributed by atoms with Gasteiger partial charge in [0.2, 0.25) is 15.9 Å². The number of hydrogen-bond acceptors (Lipinski definition) is 6. The highest BCUT2D eigenvalue weighted by Crippen LogP contribution is 2.26. The Kier molecular flexibility index (Phi) is 5.69.